The minimum Gasteiger partial charge on any atom is -0.303 e. The Bertz CT molecular complexity index is 381. The van der Waals surface area contributed by atoms with Gasteiger partial charge in [0, 0.05) is 29.1 Å². The van der Waals surface area contributed by atoms with Gasteiger partial charge in [0.2, 0.25) is 0 Å². The molecule has 0 N–H and O–H groups in total. The maximum atomic E-state index is 10.7. The van der Waals surface area contributed by atoms with Crippen molar-refractivity contribution in [2.24, 2.45) is 5.92 Å². The van der Waals surface area contributed by atoms with Gasteiger partial charge >= 0.3 is 0 Å². The van der Waals surface area contributed by atoms with Crippen LogP contribution in [-0.4, -0.2) is 17.0 Å². The number of para-hydroxylation sites is 1. The number of nitro groups is 1. The van der Waals surface area contributed by atoms with Crippen molar-refractivity contribution in [3.63, 3.8) is 0 Å². The molecule has 0 amide bonds. The Hall–Kier alpha value is -1.36. The Kier molecular flexibility index (Phi) is 4.98. The number of nitro benzene ring substituents is 1. The highest BCUT2D eigenvalue weighted by molar-refractivity contribution is 7.98. The number of hydrogen-bond acceptors (Lipinski definition) is 4. The second-order valence-corrected chi connectivity index (χ2v) is 4.54. The molecule has 0 aromatic heterocycles. The van der Waals surface area contributed by atoms with Gasteiger partial charge in [-0.25, -0.2) is 0 Å². The van der Waals surface area contributed by atoms with Crippen LogP contribution in [0.5, 0.6) is 0 Å². The van der Waals surface area contributed by atoms with Crippen LogP contribution in [0.4, 0.5) is 5.69 Å². The minimum absolute atomic E-state index is 0.00670. The number of nitrogens with zero attached hydrogens (tertiary/aromatic N) is 1. The first-order valence-electron chi connectivity index (χ1n) is 4.90. The van der Waals surface area contributed by atoms with Crippen LogP contribution in [0.3, 0.4) is 0 Å². The summed E-state index contributed by atoms with van der Waals surface area (Å²) in [4.78, 5) is 20.7. The molecule has 1 rings (SSSR count). The molecule has 0 aliphatic heterocycles. The number of carbonyl (C=O) groups is 1. The molecule has 5 heteroatoms. The molecule has 4 nitrogen and oxygen atoms in total. The van der Waals surface area contributed by atoms with Crippen LogP contribution >= 0.6 is 11.8 Å². The summed E-state index contributed by atoms with van der Waals surface area (Å²) in [6.07, 6.45) is 0.895. The van der Waals surface area contributed by atoms with Gasteiger partial charge in [0.05, 0.1) is 4.92 Å². The number of thioether (sulfide) groups is 1. The summed E-state index contributed by atoms with van der Waals surface area (Å²) in [5, 5.41) is 10.7. The van der Waals surface area contributed by atoms with E-state index in [1.54, 1.807) is 18.2 Å². The molecule has 0 radical (unpaired) electrons. The normalized spacial score (nSPS) is 12.1. The summed E-state index contributed by atoms with van der Waals surface area (Å²) < 4.78 is 0. The largest absolute Gasteiger partial charge is 0.303 e. The molecule has 0 bridgehead atoms. The van der Waals surface area contributed by atoms with Crippen LogP contribution in [0.25, 0.3) is 0 Å². The highest BCUT2D eigenvalue weighted by atomic mass is 32.2. The van der Waals surface area contributed by atoms with Crippen LogP contribution < -0.4 is 0 Å². The van der Waals surface area contributed by atoms with Gasteiger partial charge in [0.25, 0.3) is 5.69 Å². The molecule has 0 heterocycles. The summed E-state index contributed by atoms with van der Waals surface area (Å²) in [5.41, 5.74) is 0.851. The van der Waals surface area contributed by atoms with Gasteiger partial charge in [-0.2, -0.15) is 11.8 Å². The molecule has 1 aromatic rings. The minimum atomic E-state index is -0.376. The molecule has 1 atom stereocenters. The van der Waals surface area contributed by atoms with Gasteiger partial charge in [0.1, 0.15) is 6.29 Å². The van der Waals surface area contributed by atoms with E-state index < -0.39 is 0 Å². The predicted molar refractivity (Wildman–Crippen MR) is 64.5 cm³/mol. The first kappa shape index (κ1) is 12.7. The van der Waals surface area contributed by atoms with Gasteiger partial charge in [-0.05, 0) is 0 Å². The third-order valence-corrected chi connectivity index (χ3v) is 3.34. The van der Waals surface area contributed by atoms with Gasteiger partial charge in [-0.15, -0.1) is 0 Å². The molecule has 0 fully saturated rings. The lowest BCUT2D eigenvalue weighted by atomic mass is 10.2. The van der Waals surface area contributed by atoms with E-state index in [4.69, 9.17) is 0 Å². The van der Waals surface area contributed by atoms with Crippen molar-refractivity contribution in [1.29, 1.82) is 0 Å². The van der Waals surface area contributed by atoms with Crippen molar-refractivity contribution in [2.75, 3.05) is 5.75 Å². The van der Waals surface area contributed by atoms with E-state index in [9.17, 15) is 14.9 Å². The lowest BCUT2D eigenvalue weighted by molar-refractivity contribution is -0.385. The second kappa shape index (κ2) is 6.27. The molecule has 86 valence electrons. The zero-order valence-electron chi connectivity index (χ0n) is 8.96. The molecule has 16 heavy (non-hydrogen) atoms. The number of hydrogen-bond donors (Lipinski definition) is 0. The molecule has 0 aliphatic rings. The lowest BCUT2D eigenvalue weighted by Gasteiger charge is -2.04. The first-order valence-corrected chi connectivity index (χ1v) is 6.06. The highest BCUT2D eigenvalue weighted by Gasteiger charge is 2.12. The molecular weight excluding hydrogens is 226 g/mol. The third kappa shape index (κ3) is 3.66. The van der Waals surface area contributed by atoms with Crippen molar-refractivity contribution >= 4 is 23.7 Å². The highest BCUT2D eigenvalue weighted by Crippen LogP contribution is 2.23. The average Bonchev–Trinajstić information content (AvgIpc) is 2.29. The predicted octanol–water partition coefficient (Wildman–Crippen LogP) is 2.66. The zero-order valence-corrected chi connectivity index (χ0v) is 9.78. The maximum Gasteiger partial charge on any atom is 0.273 e. The van der Waals surface area contributed by atoms with E-state index in [0.29, 0.717) is 17.1 Å². The van der Waals surface area contributed by atoms with Crippen molar-refractivity contribution in [2.45, 2.75) is 12.7 Å². The van der Waals surface area contributed by atoms with Gasteiger partial charge in [0.15, 0.2) is 0 Å². The van der Waals surface area contributed by atoms with E-state index in [2.05, 4.69) is 0 Å². The number of benzene rings is 1. The SMILES string of the molecule is CC(C=O)CSCc1ccccc1[N+](=O)[O-]. The van der Waals surface area contributed by atoms with E-state index in [1.807, 2.05) is 6.92 Å². The first-order chi connectivity index (χ1) is 7.65. The third-order valence-electron chi connectivity index (χ3n) is 2.06. The topological polar surface area (TPSA) is 60.2 Å². The standard InChI is InChI=1S/C11H13NO3S/c1-9(6-13)7-16-8-10-4-2-3-5-11(10)12(14)15/h2-6,9H,7-8H2,1H3. The quantitative estimate of drug-likeness (QED) is 0.435. The molecule has 1 unspecified atom stereocenters. The maximum absolute atomic E-state index is 10.7. The van der Waals surface area contributed by atoms with Crippen molar-refractivity contribution in [1.82, 2.24) is 0 Å². The number of rotatable bonds is 6. The zero-order chi connectivity index (χ0) is 12.0. The summed E-state index contributed by atoms with van der Waals surface area (Å²) in [6.45, 7) is 1.83. The van der Waals surface area contributed by atoms with Gasteiger partial charge < -0.3 is 4.79 Å². The Morgan fingerprint density at radius 1 is 1.50 bits per heavy atom. The molecule has 0 saturated heterocycles. The van der Waals surface area contributed by atoms with Gasteiger partial charge in [-0.3, -0.25) is 10.1 Å². The monoisotopic (exact) mass is 239 g/mol. The fourth-order valence-corrected chi connectivity index (χ4v) is 2.24. The fourth-order valence-electron chi connectivity index (χ4n) is 1.21. The van der Waals surface area contributed by atoms with Crippen LogP contribution in [0.1, 0.15) is 12.5 Å². The fraction of sp³-hybridized carbons (Fsp3) is 0.364. The smallest absolute Gasteiger partial charge is 0.273 e. The van der Waals surface area contributed by atoms with Gasteiger partial charge in [-0.1, -0.05) is 25.1 Å². The molecule has 0 saturated carbocycles. The summed E-state index contributed by atoms with van der Waals surface area (Å²) in [6, 6.07) is 6.68. The van der Waals surface area contributed by atoms with Crippen molar-refractivity contribution < 1.29 is 9.72 Å². The number of aldehydes is 1. The van der Waals surface area contributed by atoms with Crippen molar-refractivity contribution in [3.05, 3.63) is 39.9 Å². The summed E-state index contributed by atoms with van der Waals surface area (Å²) >= 11 is 1.53. The molecule has 1 aromatic carbocycles. The molecule has 0 aliphatic carbocycles. The Morgan fingerprint density at radius 3 is 2.81 bits per heavy atom. The average molecular weight is 239 g/mol. The summed E-state index contributed by atoms with van der Waals surface area (Å²) in [7, 11) is 0. The Labute approximate surface area is 98.2 Å². The van der Waals surface area contributed by atoms with Crippen LogP contribution in [0.15, 0.2) is 24.3 Å². The van der Waals surface area contributed by atoms with E-state index in [-0.39, 0.29) is 16.5 Å². The molecule has 0 spiro atoms. The summed E-state index contributed by atoms with van der Waals surface area (Å²) in [5.74, 6) is 1.25. The van der Waals surface area contributed by atoms with Crippen LogP contribution in [-0.2, 0) is 10.5 Å². The lowest BCUT2D eigenvalue weighted by Crippen LogP contribution is -2.00. The van der Waals surface area contributed by atoms with Crippen molar-refractivity contribution in [3.8, 4) is 0 Å². The van der Waals surface area contributed by atoms with E-state index >= 15 is 0 Å². The van der Waals surface area contributed by atoms with E-state index in [1.165, 1.54) is 17.8 Å². The van der Waals surface area contributed by atoms with E-state index in [0.717, 1.165) is 6.29 Å². The van der Waals surface area contributed by atoms with Crippen LogP contribution in [0.2, 0.25) is 0 Å². The molecular formula is C11H13NO3S. The number of carbonyl (C=O) groups excluding carboxylic acids is 1. The Morgan fingerprint density at radius 2 is 2.19 bits per heavy atom. The Balaban J connectivity index is 2.59. The van der Waals surface area contributed by atoms with Crippen LogP contribution in [0, 0.1) is 16.0 Å². The second-order valence-electron chi connectivity index (χ2n) is 3.51.